The molecule has 0 spiro atoms. The number of carbonyl (C=O) groups excluding carboxylic acids is 3. The molecule has 0 bridgehead atoms. The van der Waals surface area contributed by atoms with Gasteiger partial charge in [-0.05, 0) is 25.2 Å². The van der Waals surface area contributed by atoms with E-state index in [4.69, 9.17) is 0 Å². The highest BCUT2D eigenvalue weighted by atomic mass is 16.3. The van der Waals surface area contributed by atoms with Crippen molar-refractivity contribution in [3.8, 4) is 0 Å². The van der Waals surface area contributed by atoms with Gasteiger partial charge in [-0.15, -0.1) is 0 Å². The Morgan fingerprint density at radius 2 is 1.89 bits per heavy atom. The number of nitrogens with one attached hydrogen (secondary N) is 2. The number of fused-ring (bicyclic) bond motifs is 1. The van der Waals surface area contributed by atoms with Crippen LogP contribution in [0, 0.1) is 23.7 Å². The highest BCUT2D eigenvalue weighted by Crippen LogP contribution is 2.44. The lowest BCUT2D eigenvalue weighted by atomic mass is 9.70. The van der Waals surface area contributed by atoms with Gasteiger partial charge in [0.1, 0.15) is 6.04 Å². The van der Waals surface area contributed by atoms with Crippen LogP contribution in [0.4, 0.5) is 0 Å². The number of hydrogen-bond donors (Lipinski definition) is 3. The topological polar surface area (TPSA) is 98.7 Å². The largest absolute Gasteiger partial charge is 0.396 e. The SMILES string of the molecule is CNC(=O)[C@H]1[C@@H]2C(=O)N(CCCO)[C@H](C(=O)NC3CCCCC3)[C@H]2C=C[C@H]1C. The molecular formula is C21H33N3O4. The molecule has 1 heterocycles. The molecule has 1 aliphatic heterocycles. The molecule has 7 nitrogen and oxygen atoms in total. The number of hydrogen-bond acceptors (Lipinski definition) is 4. The van der Waals surface area contributed by atoms with Crippen LogP contribution in [-0.4, -0.2) is 60.0 Å². The van der Waals surface area contributed by atoms with Gasteiger partial charge in [0.05, 0.1) is 11.8 Å². The molecule has 1 saturated carbocycles. The van der Waals surface area contributed by atoms with Gasteiger partial charge in [-0.2, -0.15) is 0 Å². The van der Waals surface area contributed by atoms with Crippen molar-refractivity contribution in [1.82, 2.24) is 15.5 Å². The molecule has 3 amide bonds. The highest BCUT2D eigenvalue weighted by Gasteiger charge is 2.56. The maximum Gasteiger partial charge on any atom is 0.243 e. The summed E-state index contributed by atoms with van der Waals surface area (Å²) in [6.07, 6.45) is 9.73. The molecule has 7 heteroatoms. The lowest BCUT2D eigenvalue weighted by molar-refractivity contribution is -0.140. The Hall–Kier alpha value is -1.89. The monoisotopic (exact) mass is 391 g/mol. The normalized spacial score (nSPS) is 32.9. The Kier molecular flexibility index (Phi) is 6.75. The van der Waals surface area contributed by atoms with Gasteiger partial charge in [-0.1, -0.05) is 38.3 Å². The number of rotatable bonds is 6. The van der Waals surface area contributed by atoms with Crippen molar-refractivity contribution in [2.24, 2.45) is 23.7 Å². The maximum atomic E-state index is 13.3. The number of allylic oxidation sites excluding steroid dienone is 1. The van der Waals surface area contributed by atoms with E-state index >= 15 is 0 Å². The van der Waals surface area contributed by atoms with Crippen molar-refractivity contribution in [3.05, 3.63) is 12.2 Å². The third-order valence-corrected chi connectivity index (χ3v) is 6.60. The second kappa shape index (κ2) is 9.07. The number of likely N-dealkylation sites (tertiary alicyclic amines) is 1. The number of aliphatic hydroxyl groups excluding tert-OH is 1. The zero-order chi connectivity index (χ0) is 20.3. The first-order valence-corrected chi connectivity index (χ1v) is 10.6. The molecule has 0 aromatic carbocycles. The van der Waals surface area contributed by atoms with Crippen molar-refractivity contribution in [2.75, 3.05) is 20.2 Å². The van der Waals surface area contributed by atoms with Crippen LogP contribution in [-0.2, 0) is 14.4 Å². The van der Waals surface area contributed by atoms with Crippen LogP contribution in [0.5, 0.6) is 0 Å². The fraction of sp³-hybridized carbons (Fsp3) is 0.762. The third-order valence-electron chi connectivity index (χ3n) is 6.60. The predicted octanol–water partition coefficient (Wildman–Crippen LogP) is 0.829. The van der Waals surface area contributed by atoms with Gasteiger partial charge < -0.3 is 20.6 Å². The van der Waals surface area contributed by atoms with Crippen LogP contribution in [0.15, 0.2) is 12.2 Å². The van der Waals surface area contributed by atoms with E-state index in [9.17, 15) is 19.5 Å². The van der Waals surface area contributed by atoms with Gasteiger partial charge in [0.15, 0.2) is 0 Å². The van der Waals surface area contributed by atoms with Gasteiger partial charge in [0, 0.05) is 32.2 Å². The summed E-state index contributed by atoms with van der Waals surface area (Å²) in [6.45, 7) is 2.22. The second-order valence-corrected chi connectivity index (χ2v) is 8.38. The molecule has 28 heavy (non-hydrogen) atoms. The van der Waals surface area contributed by atoms with Crippen molar-refractivity contribution >= 4 is 17.7 Å². The minimum atomic E-state index is -0.609. The van der Waals surface area contributed by atoms with Crippen LogP contribution in [0.1, 0.15) is 45.4 Å². The van der Waals surface area contributed by atoms with Crippen molar-refractivity contribution < 1.29 is 19.5 Å². The summed E-state index contributed by atoms with van der Waals surface area (Å²) in [4.78, 5) is 40.6. The smallest absolute Gasteiger partial charge is 0.243 e. The molecule has 0 radical (unpaired) electrons. The van der Waals surface area contributed by atoms with E-state index in [0.29, 0.717) is 13.0 Å². The minimum absolute atomic E-state index is 0.0405. The van der Waals surface area contributed by atoms with Crippen LogP contribution < -0.4 is 10.6 Å². The average molecular weight is 392 g/mol. The fourth-order valence-corrected chi connectivity index (χ4v) is 5.17. The summed E-state index contributed by atoms with van der Waals surface area (Å²) in [7, 11) is 1.58. The molecule has 3 rings (SSSR count). The van der Waals surface area contributed by atoms with Gasteiger partial charge in [0.25, 0.3) is 0 Å². The van der Waals surface area contributed by atoms with E-state index in [-0.39, 0.29) is 42.2 Å². The van der Waals surface area contributed by atoms with Crippen molar-refractivity contribution in [2.45, 2.75) is 57.5 Å². The zero-order valence-corrected chi connectivity index (χ0v) is 16.9. The van der Waals surface area contributed by atoms with Gasteiger partial charge in [-0.25, -0.2) is 0 Å². The van der Waals surface area contributed by atoms with Gasteiger partial charge in [0.2, 0.25) is 17.7 Å². The van der Waals surface area contributed by atoms with E-state index in [2.05, 4.69) is 10.6 Å². The van der Waals surface area contributed by atoms with Gasteiger partial charge >= 0.3 is 0 Å². The molecule has 3 N–H and O–H groups in total. The van der Waals surface area contributed by atoms with E-state index < -0.39 is 17.9 Å². The lowest BCUT2D eigenvalue weighted by Crippen LogP contribution is -2.50. The summed E-state index contributed by atoms with van der Waals surface area (Å²) in [6, 6.07) is -0.446. The second-order valence-electron chi connectivity index (χ2n) is 8.38. The molecular weight excluding hydrogens is 358 g/mol. The van der Waals surface area contributed by atoms with Crippen LogP contribution in [0.3, 0.4) is 0 Å². The molecule has 0 unspecified atom stereocenters. The summed E-state index contributed by atoms with van der Waals surface area (Å²) in [5.41, 5.74) is 0. The molecule has 2 fully saturated rings. The first-order valence-electron chi connectivity index (χ1n) is 10.6. The summed E-state index contributed by atoms with van der Waals surface area (Å²) in [5.74, 6) is -1.81. The molecule has 2 aliphatic carbocycles. The zero-order valence-electron chi connectivity index (χ0n) is 16.9. The predicted molar refractivity (Wildman–Crippen MR) is 105 cm³/mol. The molecule has 1 saturated heterocycles. The Balaban J connectivity index is 1.87. The maximum absolute atomic E-state index is 13.3. The number of carbonyl (C=O) groups is 3. The van der Waals surface area contributed by atoms with E-state index in [1.165, 1.54) is 6.42 Å². The van der Waals surface area contributed by atoms with Crippen molar-refractivity contribution in [3.63, 3.8) is 0 Å². The molecule has 5 atom stereocenters. The minimum Gasteiger partial charge on any atom is -0.396 e. The Morgan fingerprint density at radius 3 is 2.54 bits per heavy atom. The fourth-order valence-electron chi connectivity index (χ4n) is 5.17. The number of nitrogens with zero attached hydrogens (tertiary/aromatic N) is 1. The van der Waals surface area contributed by atoms with E-state index in [1.807, 2.05) is 19.1 Å². The van der Waals surface area contributed by atoms with Crippen LogP contribution in [0.2, 0.25) is 0 Å². The Morgan fingerprint density at radius 1 is 1.18 bits per heavy atom. The molecule has 3 aliphatic rings. The third kappa shape index (κ3) is 3.95. The summed E-state index contributed by atoms with van der Waals surface area (Å²) in [5, 5.41) is 15.1. The Labute approximate surface area is 166 Å². The lowest BCUT2D eigenvalue weighted by Gasteiger charge is -2.33. The standard InChI is InChI=1S/C21H33N3O4/c1-13-9-10-15-17(16(13)19(26)22-2)21(28)24(11-6-12-25)18(15)20(27)23-14-7-4-3-5-8-14/h9-10,13-18,25H,3-8,11-12H2,1-2H3,(H,22,26)(H,23,27)/t13-,15+,16-,17-,18+/m1/s1. The Bertz CT molecular complexity index is 629. The van der Waals surface area contributed by atoms with Gasteiger partial charge in [-0.3, -0.25) is 14.4 Å². The van der Waals surface area contributed by atoms with E-state index in [0.717, 1.165) is 25.7 Å². The van der Waals surface area contributed by atoms with Crippen molar-refractivity contribution in [1.29, 1.82) is 0 Å². The van der Waals surface area contributed by atoms with E-state index in [1.54, 1.807) is 11.9 Å². The molecule has 156 valence electrons. The average Bonchev–Trinajstić information content (AvgIpc) is 2.98. The molecule has 0 aromatic rings. The molecule has 0 aromatic heterocycles. The van der Waals surface area contributed by atoms with Crippen LogP contribution in [0.25, 0.3) is 0 Å². The number of amides is 3. The highest BCUT2D eigenvalue weighted by molar-refractivity contribution is 5.96. The first-order chi connectivity index (χ1) is 13.5. The summed E-state index contributed by atoms with van der Waals surface area (Å²) < 4.78 is 0. The number of aliphatic hydroxyl groups is 1. The van der Waals surface area contributed by atoms with Crippen LogP contribution >= 0.6 is 0 Å². The first kappa shape index (κ1) is 20.8. The quantitative estimate of drug-likeness (QED) is 0.584. The summed E-state index contributed by atoms with van der Waals surface area (Å²) >= 11 is 0.